The molecule has 2 aromatic heterocycles. The third-order valence-corrected chi connectivity index (χ3v) is 9.48. The minimum Gasteiger partial charge on any atom is -0.387 e. The van der Waals surface area contributed by atoms with Crippen LogP contribution in [0.4, 0.5) is 5.82 Å². The average Bonchev–Trinajstić information content (AvgIpc) is 3.61. The van der Waals surface area contributed by atoms with Gasteiger partial charge in [0, 0.05) is 69.4 Å². The van der Waals surface area contributed by atoms with Gasteiger partial charge in [-0.05, 0) is 6.42 Å². The summed E-state index contributed by atoms with van der Waals surface area (Å²) in [6, 6.07) is 0. The van der Waals surface area contributed by atoms with Crippen LogP contribution in [0.3, 0.4) is 0 Å². The van der Waals surface area contributed by atoms with Gasteiger partial charge in [0.2, 0.25) is 5.91 Å². The summed E-state index contributed by atoms with van der Waals surface area (Å²) >= 11 is 0. The number of nitrogens with two attached hydrogens (primary N) is 2. The third kappa shape index (κ3) is 8.08. The van der Waals surface area contributed by atoms with Crippen molar-refractivity contribution in [3.05, 3.63) is 36.7 Å². The molecule has 2 fully saturated rings. The Labute approximate surface area is 296 Å². The first-order valence-corrected chi connectivity index (χ1v) is 15.7. The number of imidazole rings is 1. The molecule has 24 heteroatoms. The van der Waals surface area contributed by atoms with E-state index in [0.29, 0.717) is 0 Å². The molecule has 0 aliphatic carbocycles. The fourth-order valence-electron chi connectivity index (χ4n) is 4.68. The zero-order chi connectivity index (χ0) is 32.0. The van der Waals surface area contributed by atoms with Gasteiger partial charge in [-0.1, -0.05) is 6.08 Å². The molecule has 243 valence electrons. The van der Waals surface area contributed by atoms with Crippen LogP contribution < -0.4 is 11.5 Å². The summed E-state index contributed by atoms with van der Waals surface area (Å²) in [5.74, 6) is -0.658. The number of carbonyl (C=O) groups excluding carboxylic acids is 1. The van der Waals surface area contributed by atoms with Gasteiger partial charge in [-0.15, -0.1) is 0 Å². The van der Waals surface area contributed by atoms with Gasteiger partial charge in [0.15, 0.2) is 23.9 Å². The maximum absolute atomic E-state index is 12.4. The number of phosphoric ester groups is 2. The fraction of sp³-hybridized carbons (Fsp3) is 0.524. The molecule has 5 heterocycles. The van der Waals surface area contributed by atoms with Crippen LogP contribution in [0.25, 0.3) is 11.2 Å². The van der Waals surface area contributed by atoms with Crippen LogP contribution in [0.1, 0.15) is 12.6 Å². The molecule has 3 aliphatic rings. The first kappa shape index (κ1) is 36.6. The van der Waals surface area contributed by atoms with Gasteiger partial charge >= 0.3 is 15.6 Å². The van der Waals surface area contributed by atoms with Crippen molar-refractivity contribution in [3.8, 4) is 0 Å². The molecule has 45 heavy (non-hydrogen) atoms. The molecule has 21 nitrogen and oxygen atoms in total. The Morgan fingerprint density at radius 1 is 0.956 bits per heavy atom. The first-order valence-electron chi connectivity index (χ1n) is 12.7. The SMILES string of the molecule is NC(=O)C1=CN(C2OC(COP(=O)(O)OP(=O)(O)OCC3OC(n4cnc5c(N)ncnc54)C(O)C3O)C(O)C2O)C=CC1.[K]. The maximum atomic E-state index is 12.4. The van der Waals surface area contributed by atoms with E-state index in [4.69, 9.17) is 30.0 Å². The summed E-state index contributed by atoms with van der Waals surface area (Å²) < 4.78 is 50.8. The molecule has 3 aliphatic heterocycles. The predicted molar refractivity (Wildman–Crippen MR) is 148 cm³/mol. The number of aromatic nitrogens is 4. The molecule has 1 radical (unpaired) electrons. The van der Waals surface area contributed by atoms with Crippen molar-refractivity contribution in [2.45, 2.75) is 55.5 Å². The fourth-order valence-corrected chi connectivity index (χ4v) is 6.77. The third-order valence-electron chi connectivity index (χ3n) is 6.88. The topological polar surface area (TPSA) is 318 Å². The van der Waals surface area contributed by atoms with Crippen LogP contribution in [0.5, 0.6) is 0 Å². The van der Waals surface area contributed by atoms with Crippen LogP contribution in [-0.2, 0) is 36.8 Å². The number of hydrogen-bond donors (Lipinski definition) is 8. The van der Waals surface area contributed by atoms with E-state index in [-0.39, 0.29) is 80.4 Å². The minimum absolute atomic E-state index is 0. The van der Waals surface area contributed by atoms with E-state index in [1.165, 1.54) is 28.2 Å². The van der Waals surface area contributed by atoms with Gasteiger partial charge in [-0.3, -0.25) is 18.4 Å². The molecular weight excluding hydrogens is 675 g/mol. The Morgan fingerprint density at radius 2 is 1.53 bits per heavy atom. The molecule has 0 saturated carbocycles. The number of ether oxygens (including phenoxy) is 2. The largest absolute Gasteiger partial charge is 0.481 e. The van der Waals surface area contributed by atoms with E-state index in [2.05, 4.69) is 19.3 Å². The number of aliphatic hydroxyl groups is 4. The molecule has 10 N–H and O–H groups in total. The van der Waals surface area contributed by atoms with Crippen LogP contribution in [0.2, 0.25) is 0 Å². The monoisotopic (exact) mass is 704 g/mol. The molecule has 0 aromatic carbocycles. The summed E-state index contributed by atoms with van der Waals surface area (Å²) in [4.78, 5) is 44.6. The Balaban J connectivity index is 0.00000461. The summed E-state index contributed by atoms with van der Waals surface area (Å²) in [7, 11) is -10.7. The number of aliphatic hydroxyl groups excluding tert-OH is 4. The number of fused-ring (bicyclic) bond motifs is 1. The second-order valence-electron chi connectivity index (χ2n) is 9.84. The number of amides is 1. The molecule has 2 saturated heterocycles. The standard InChI is InChI=1S/C21H29N7O14P2.K/c22-17-12-19(25-7-24-17)28(8-26-12)21-16(32)14(30)11(41-21)6-39-44(36,37)42-43(34,35)38-5-10-13(29)15(31)20(40-10)27-3-1-2-9(4-27)18(23)33;/h1,3-4,7-8,10-11,13-16,20-21,29-32H,2,5-6H2,(H2,23,33)(H,34,35)(H,36,37)(H2,22,24,25);. The summed E-state index contributed by atoms with van der Waals surface area (Å²) in [5.41, 5.74) is 11.6. The van der Waals surface area contributed by atoms with E-state index in [1.807, 2.05) is 0 Å². The number of phosphoric acid groups is 2. The number of allylic oxidation sites excluding steroid dienone is 1. The Hall–Kier alpha value is -1.24. The van der Waals surface area contributed by atoms with Crippen molar-refractivity contribution in [2.24, 2.45) is 5.73 Å². The smallest absolute Gasteiger partial charge is 0.387 e. The molecule has 0 spiro atoms. The van der Waals surface area contributed by atoms with Crippen LogP contribution >= 0.6 is 15.6 Å². The van der Waals surface area contributed by atoms with E-state index < -0.39 is 83.8 Å². The zero-order valence-electron chi connectivity index (χ0n) is 23.4. The molecule has 0 bridgehead atoms. The van der Waals surface area contributed by atoms with Crippen LogP contribution in [0.15, 0.2) is 36.7 Å². The van der Waals surface area contributed by atoms with E-state index in [9.17, 15) is 44.1 Å². The number of nitrogen functional groups attached to an aromatic ring is 1. The molecule has 10 atom stereocenters. The second kappa shape index (κ2) is 14.5. The van der Waals surface area contributed by atoms with Gasteiger partial charge in [-0.25, -0.2) is 24.1 Å². The van der Waals surface area contributed by atoms with Gasteiger partial charge in [0.05, 0.1) is 19.5 Å². The zero-order valence-corrected chi connectivity index (χ0v) is 28.3. The van der Waals surface area contributed by atoms with Crippen LogP contribution in [-0.4, -0.2) is 168 Å². The van der Waals surface area contributed by atoms with Crippen molar-refractivity contribution >= 4 is 89.9 Å². The van der Waals surface area contributed by atoms with Gasteiger partial charge in [0.1, 0.15) is 48.5 Å². The van der Waals surface area contributed by atoms with Gasteiger partial charge < -0.3 is 56.1 Å². The minimum atomic E-state index is -5.37. The quantitative estimate of drug-likeness (QED) is 0.0850. The average molecular weight is 705 g/mol. The molecule has 5 rings (SSSR count). The van der Waals surface area contributed by atoms with Crippen LogP contribution in [0, 0.1) is 0 Å². The van der Waals surface area contributed by atoms with Crippen molar-refractivity contribution in [3.63, 3.8) is 0 Å². The van der Waals surface area contributed by atoms with Crippen molar-refractivity contribution in [1.29, 1.82) is 0 Å². The normalized spacial score (nSPS) is 32.6. The Morgan fingerprint density at radius 3 is 2.13 bits per heavy atom. The number of primary amides is 1. The number of nitrogens with zero attached hydrogens (tertiary/aromatic N) is 5. The summed E-state index contributed by atoms with van der Waals surface area (Å²) in [5, 5.41) is 41.6. The predicted octanol–water partition coefficient (Wildman–Crippen LogP) is -3.07. The van der Waals surface area contributed by atoms with E-state index in [1.54, 1.807) is 6.08 Å². The number of carbonyl (C=O) groups is 1. The van der Waals surface area contributed by atoms with Crippen molar-refractivity contribution in [1.82, 2.24) is 24.4 Å². The van der Waals surface area contributed by atoms with Gasteiger partial charge in [0.25, 0.3) is 0 Å². The second-order valence-corrected chi connectivity index (χ2v) is 12.9. The maximum Gasteiger partial charge on any atom is 0.481 e. The Kier molecular flexibility index (Phi) is 11.8. The molecule has 1 amide bonds. The van der Waals surface area contributed by atoms with E-state index >= 15 is 0 Å². The van der Waals surface area contributed by atoms with Crippen molar-refractivity contribution < 1.29 is 67.0 Å². The van der Waals surface area contributed by atoms with E-state index in [0.717, 1.165) is 6.33 Å². The number of hydrogen-bond acceptors (Lipinski definition) is 17. The molecule has 2 aromatic rings. The van der Waals surface area contributed by atoms with Gasteiger partial charge in [-0.2, -0.15) is 4.31 Å². The first-order chi connectivity index (χ1) is 20.7. The number of anilines is 1. The molecule has 10 unspecified atom stereocenters. The van der Waals surface area contributed by atoms with Crippen molar-refractivity contribution in [2.75, 3.05) is 18.9 Å². The Bertz CT molecular complexity index is 1560. The summed E-state index contributed by atoms with van der Waals surface area (Å²) in [6.45, 7) is -1.79. The number of rotatable bonds is 11. The molecular formula is C21H29KN7O14P2. The summed E-state index contributed by atoms with van der Waals surface area (Å²) in [6.07, 6.45) is -4.88.